The minimum absolute atomic E-state index is 0.293. The van der Waals surface area contributed by atoms with Crippen molar-refractivity contribution in [3.63, 3.8) is 0 Å². The largest absolute Gasteiger partial charge is 0.456 e. The quantitative estimate of drug-likeness (QED) is 0.497. The molecule has 4 rings (SSSR count). The minimum atomic E-state index is -0.293. The first-order valence-corrected chi connectivity index (χ1v) is 9.48. The van der Waals surface area contributed by atoms with Gasteiger partial charge >= 0.3 is 6.03 Å². The maximum Gasteiger partial charge on any atom is 0.319 e. The van der Waals surface area contributed by atoms with Crippen LogP contribution >= 0.6 is 0 Å². The fraction of sp³-hybridized carbons (Fsp3) is 0.0870. The molecule has 0 saturated carbocycles. The normalized spacial score (nSPS) is 10.4. The Bertz CT molecular complexity index is 1110. The van der Waals surface area contributed by atoms with Crippen molar-refractivity contribution in [2.45, 2.75) is 6.54 Å². The van der Waals surface area contributed by atoms with Crippen LogP contribution < -0.4 is 15.4 Å². The summed E-state index contributed by atoms with van der Waals surface area (Å²) >= 11 is 0. The molecule has 2 N–H and O–H groups in total. The predicted octanol–water partition coefficient (Wildman–Crippen LogP) is 4.60. The van der Waals surface area contributed by atoms with E-state index in [1.165, 1.54) is 0 Å². The van der Waals surface area contributed by atoms with Crippen molar-refractivity contribution in [3.8, 4) is 22.8 Å². The van der Waals surface area contributed by atoms with Gasteiger partial charge in [-0.2, -0.15) is 5.10 Å². The van der Waals surface area contributed by atoms with E-state index >= 15 is 0 Å². The summed E-state index contributed by atoms with van der Waals surface area (Å²) in [4.78, 5) is 16.3. The van der Waals surface area contributed by atoms with Gasteiger partial charge in [-0.15, -0.1) is 0 Å². The van der Waals surface area contributed by atoms with E-state index in [4.69, 9.17) is 4.74 Å². The molecule has 150 valence electrons. The third-order valence-electron chi connectivity index (χ3n) is 4.37. The highest BCUT2D eigenvalue weighted by atomic mass is 16.5. The second-order valence-corrected chi connectivity index (χ2v) is 6.67. The maximum atomic E-state index is 12.3. The number of aromatic nitrogens is 3. The molecule has 0 radical (unpaired) electrons. The van der Waals surface area contributed by atoms with E-state index in [2.05, 4.69) is 20.7 Å². The Morgan fingerprint density at radius 3 is 2.53 bits per heavy atom. The van der Waals surface area contributed by atoms with Gasteiger partial charge in [-0.3, -0.25) is 9.67 Å². The monoisotopic (exact) mass is 399 g/mol. The van der Waals surface area contributed by atoms with E-state index in [0.717, 1.165) is 16.8 Å². The average molecular weight is 399 g/mol. The number of hydrogen-bond acceptors (Lipinski definition) is 4. The van der Waals surface area contributed by atoms with Gasteiger partial charge in [0.25, 0.3) is 0 Å². The molecule has 0 aliphatic carbocycles. The van der Waals surface area contributed by atoms with Gasteiger partial charge in [0, 0.05) is 42.8 Å². The Kier molecular flexibility index (Phi) is 5.70. The molecule has 0 bridgehead atoms. The number of rotatable bonds is 6. The Labute approximate surface area is 174 Å². The SMILES string of the molecule is Cn1cc(CNC(=O)Nc2ccc(Oc3cccnc3)cc2)c(-c2ccccc2)n1. The number of carbonyl (C=O) groups is 1. The summed E-state index contributed by atoms with van der Waals surface area (Å²) in [5.41, 5.74) is 3.48. The number of nitrogens with one attached hydrogen (secondary N) is 2. The minimum Gasteiger partial charge on any atom is -0.456 e. The van der Waals surface area contributed by atoms with Crippen LogP contribution in [0.4, 0.5) is 10.5 Å². The highest BCUT2D eigenvalue weighted by Gasteiger charge is 2.11. The van der Waals surface area contributed by atoms with E-state index in [-0.39, 0.29) is 6.03 Å². The van der Waals surface area contributed by atoms with Crippen molar-refractivity contribution in [1.29, 1.82) is 0 Å². The van der Waals surface area contributed by atoms with Crippen LogP contribution in [0.1, 0.15) is 5.56 Å². The van der Waals surface area contributed by atoms with E-state index in [1.54, 1.807) is 47.4 Å². The molecule has 0 atom stereocenters. The average Bonchev–Trinajstić information content (AvgIpc) is 3.16. The van der Waals surface area contributed by atoms with Crippen LogP contribution in [0.25, 0.3) is 11.3 Å². The van der Waals surface area contributed by atoms with Crippen molar-refractivity contribution in [1.82, 2.24) is 20.1 Å². The zero-order chi connectivity index (χ0) is 20.8. The number of pyridine rings is 1. The molecule has 30 heavy (non-hydrogen) atoms. The van der Waals surface area contributed by atoms with Crippen molar-refractivity contribution < 1.29 is 9.53 Å². The molecule has 2 aromatic heterocycles. The van der Waals surface area contributed by atoms with Crippen LogP contribution in [0.2, 0.25) is 0 Å². The van der Waals surface area contributed by atoms with Gasteiger partial charge in [-0.1, -0.05) is 30.3 Å². The van der Waals surface area contributed by atoms with E-state index in [0.29, 0.717) is 23.7 Å². The summed E-state index contributed by atoms with van der Waals surface area (Å²) in [6.07, 6.45) is 5.24. The fourth-order valence-corrected chi connectivity index (χ4v) is 3.01. The lowest BCUT2D eigenvalue weighted by molar-refractivity contribution is 0.251. The number of aryl methyl sites for hydroxylation is 1. The maximum absolute atomic E-state index is 12.3. The molecule has 7 nitrogen and oxygen atoms in total. The molecular weight excluding hydrogens is 378 g/mol. The van der Waals surface area contributed by atoms with Crippen LogP contribution in [0.15, 0.2) is 85.3 Å². The molecule has 0 aliphatic rings. The smallest absolute Gasteiger partial charge is 0.319 e. The lowest BCUT2D eigenvalue weighted by Gasteiger charge is -2.09. The molecule has 2 aromatic carbocycles. The standard InChI is InChI=1S/C23H21N5O2/c1-28-16-18(22(27-28)17-6-3-2-4-7-17)14-25-23(29)26-19-9-11-20(12-10-19)30-21-8-5-13-24-15-21/h2-13,15-16H,14H2,1H3,(H2,25,26,29). The number of carbonyl (C=O) groups excluding carboxylic acids is 1. The first-order chi connectivity index (χ1) is 14.7. The first kappa shape index (κ1) is 19.2. The molecule has 4 aromatic rings. The third kappa shape index (κ3) is 4.82. The van der Waals surface area contributed by atoms with Gasteiger partial charge in [-0.05, 0) is 36.4 Å². The van der Waals surface area contributed by atoms with Gasteiger partial charge in [0.1, 0.15) is 11.5 Å². The second kappa shape index (κ2) is 8.91. The van der Waals surface area contributed by atoms with Gasteiger partial charge in [0.05, 0.1) is 11.9 Å². The highest BCUT2D eigenvalue weighted by molar-refractivity contribution is 5.89. The molecule has 0 unspecified atom stereocenters. The Morgan fingerprint density at radius 1 is 1.00 bits per heavy atom. The van der Waals surface area contributed by atoms with Crippen molar-refractivity contribution in [2.24, 2.45) is 7.05 Å². The van der Waals surface area contributed by atoms with Crippen molar-refractivity contribution in [2.75, 3.05) is 5.32 Å². The molecule has 2 heterocycles. The van der Waals surface area contributed by atoms with Gasteiger partial charge in [-0.25, -0.2) is 4.79 Å². The van der Waals surface area contributed by atoms with Gasteiger partial charge in [0.15, 0.2) is 0 Å². The van der Waals surface area contributed by atoms with Gasteiger partial charge < -0.3 is 15.4 Å². The van der Waals surface area contributed by atoms with Crippen LogP contribution in [-0.4, -0.2) is 20.8 Å². The van der Waals surface area contributed by atoms with E-state index < -0.39 is 0 Å². The van der Waals surface area contributed by atoms with Crippen LogP contribution in [0, 0.1) is 0 Å². The van der Waals surface area contributed by atoms with Crippen LogP contribution in [0.3, 0.4) is 0 Å². The Hall–Kier alpha value is -4.13. The summed E-state index contributed by atoms with van der Waals surface area (Å²) in [6, 6.07) is 20.4. The lowest BCUT2D eigenvalue weighted by Crippen LogP contribution is -2.28. The Morgan fingerprint density at radius 2 is 1.80 bits per heavy atom. The van der Waals surface area contributed by atoms with Crippen LogP contribution in [0.5, 0.6) is 11.5 Å². The van der Waals surface area contributed by atoms with E-state index in [1.807, 2.05) is 49.6 Å². The molecular formula is C23H21N5O2. The molecule has 0 saturated heterocycles. The molecule has 0 aliphatic heterocycles. The second-order valence-electron chi connectivity index (χ2n) is 6.67. The Balaban J connectivity index is 1.34. The summed E-state index contributed by atoms with van der Waals surface area (Å²) in [5.74, 6) is 1.32. The number of benzene rings is 2. The number of urea groups is 1. The molecule has 0 spiro atoms. The van der Waals surface area contributed by atoms with E-state index in [9.17, 15) is 4.79 Å². The predicted molar refractivity (Wildman–Crippen MR) is 115 cm³/mol. The summed E-state index contributed by atoms with van der Waals surface area (Å²) in [7, 11) is 1.87. The zero-order valence-corrected chi connectivity index (χ0v) is 16.4. The number of amides is 2. The number of ether oxygens (including phenoxy) is 1. The summed E-state index contributed by atoms with van der Waals surface area (Å²) in [6.45, 7) is 0.367. The fourth-order valence-electron chi connectivity index (χ4n) is 3.01. The number of hydrogen-bond donors (Lipinski definition) is 2. The summed E-state index contributed by atoms with van der Waals surface area (Å²) < 4.78 is 7.45. The van der Waals surface area contributed by atoms with Crippen LogP contribution in [-0.2, 0) is 13.6 Å². The molecule has 0 fully saturated rings. The lowest BCUT2D eigenvalue weighted by atomic mass is 10.1. The molecule has 7 heteroatoms. The zero-order valence-electron chi connectivity index (χ0n) is 16.4. The third-order valence-corrected chi connectivity index (χ3v) is 4.37. The highest BCUT2D eigenvalue weighted by Crippen LogP contribution is 2.23. The summed E-state index contributed by atoms with van der Waals surface area (Å²) in [5, 5.41) is 10.2. The number of nitrogens with zero attached hydrogens (tertiary/aromatic N) is 3. The van der Waals surface area contributed by atoms with Gasteiger partial charge in [0.2, 0.25) is 0 Å². The number of anilines is 1. The topological polar surface area (TPSA) is 81.1 Å². The van der Waals surface area contributed by atoms with Crippen molar-refractivity contribution in [3.05, 3.63) is 90.9 Å². The first-order valence-electron chi connectivity index (χ1n) is 9.48. The molecule has 2 amide bonds. The van der Waals surface area contributed by atoms with Crippen molar-refractivity contribution >= 4 is 11.7 Å².